The lowest BCUT2D eigenvalue weighted by Gasteiger charge is -2.11. The summed E-state index contributed by atoms with van der Waals surface area (Å²) in [5, 5.41) is 6.49. The van der Waals surface area contributed by atoms with Gasteiger partial charge in [-0.3, -0.25) is 0 Å². The van der Waals surface area contributed by atoms with Gasteiger partial charge in [0.15, 0.2) is 0 Å². The molecule has 1 fully saturated rings. The Bertz CT molecular complexity index is 119. The van der Waals surface area contributed by atoms with Crippen molar-refractivity contribution >= 4 is 17.2 Å². The Morgan fingerprint density at radius 3 is 3.10 bits per heavy atom. The highest BCUT2D eigenvalue weighted by Gasteiger charge is 2.17. The predicted molar refractivity (Wildman–Crippen MR) is 47.3 cm³/mol. The minimum absolute atomic E-state index is 0.454. The third kappa shape index (κ3) is 1.92. The highest BCUT2D eigenvalue weighted by Crippen LogP contribution is 2.05. The molecule has 0 aromatic heterocycles. The van der Waals surface area contributed by atoms with Crippen molar-refractivity contribution in [3.8, 4) is 0 Å². The molecule has 0 amide bonds. The first-order valence-corrected chi connectivity index (χ1v) is 4.26. The predicted octanol–water partition coefficient (Wildman–Crippen LogP) is 0.675. The third-order valence-electron chi connectivity index (χ3n) is 1.73. The van der Waals surface area contributed by atoms with E-state index in [9.17, 15) is 0 Å². The van der Waals surface area contributed by atoms with E-state index in [2.05, 4.69) is 17.6 Å². The molecule has 0 spiro atoms. The Balaban J connectivity index is 2.25. The van der Waals surface area contributed by atoms with E-state index < -0.39 is 0 Å². The van der Waals surface area contributed by atoms with Gasteiger partial charge >= 0.3 is 0 Å². The van der Waals surface area contributed by atoms with Crippen molar-refractivity contribution in [3.05, 3.63) is 0 Å². The zero-order valence-electron chi connectivity index (χ0n) is 6.31. The van der Waals surface area contributed by atoms with Gasteiger partial charge in [-0.15, -0.1) is 0 Å². The molecule has 0 saturated carbocycles. The zero-order chi connectivity index (χ0) is 7.40. The van der Waals surface area contributed by atoms with E-state index in [0.29, 0.717) is 6.04 Å². The molecule has 0 aliphatic carbocycles. The number of rotatable bonds is 2. The fourth-order valence-corrected chi connectivity index (χ4v) is 1.55. The maximum absolute atomic E-state index is 5.14. The summed E-state index contributed by atoms with van der Waals surface area (Å²) in [5.41, 5.74) is 0. The monoisotopic (exact) mass is 158 g/mol. The van der Waals surface area contributed by atoms with E-state index >= 15 is 0 Å². The summed E-state index contributed by atoms with van der Waals surface area (Å²) in [6.07, 6.45) is 2.46. The summed E-state index contributed by atoms with van der Waals surface area (Å²) in [6.45, 7) is 4.13. The quantitative estimate of drug-likeness (QED) is 0.578. The van der Waals surface area contributed by atoms with Crippen molar-refractivity contribution in [3.63, 3.8) is 0 Å². The molecule has 1 heterocycles. The van der Waals surface area contributed by atoms with Crippen molar-refractivity contribution in [2.75, 3.05) is 13.1 Å². The minimum atomic E-state index is 0.454. The molecule has 1 saturated heterocycles. The molecule has 1 rings (SSSR count). The van der Waals surface area contributed by atoms with Gasteiger partial charge in [0.25, 0.3) is 0 Å². The Labute approximate surface area is 67.4 Å². The zero-order valence-corrected chi connectivity index (χ0v) is 7.13. The second kappa shape index (κ2) is 3.88. The molecule has 0 aromatic carbocycles. The van der Waals surface area contributed by atoms with Crippen LogP contribution in [0.15, 0.2) is 0 Å². The SMILES string of the molecule is CCNC(=S)[C@H]1CCCN1. The molecule has 1 aliphatic heterocycles. The van der Waals surface area contributed by atoms with Crippen molar-refractivity contribution in [1.29, 1.82) is 0 Å². The van der Waals surface area contributed by atoms with E-state index in [-0.39, 0.29) is 0 Å². The lowest BCUT2D eigenvalue weighted by atomic mass is 10.2. The van der Waals surface area contributed by atoms with Crippen LogP contribution in [0.2, 0.25) is 0 Å². The Morgan fingerprint density at radius 2 is 2.60 bits per heavy atom. The van der Waals surface area contributed by atoms with Gasteiger partial charge in [0.2, 0.25) is 0 Å². The van der Waals surface area contributed by atoms with Crippen LogP contribution in [0.1, 0.15) is 19.8 Å². The van der Waals surface area contributed by atoms with Crippen molar-refractivity contribution in [1.82, 2.24) is 10.6 Å². The summed E-state index contributed by atoms with van der Waals surface area (Å²) in [6, 6.07) is 0.454. The van der Waals surface area contributed by atoms with Gasteiger partial charge in [-0.25, -0.2) is 0 Å². The van der Waals surface area contributed by atoms with Crippen LogP contribution in [0.3, 0.4) is 0 Å². The van der Waals surface area contributed by atoms with Crippen LogP contribution in [0.4, 0.5) is 0 Å². The van der Waals surface area contributed by atoms with Gasteiger partial charge in [0, 0.05) is 6.54 Å². The summed E-state index contributed by atoms with van der Waals surface area (Å²) >= 11 is 5.14. The van der Waals surface area contributed by atoms with Gasteiger partial charge in [0.1, 0.15) is 0 Å². The van der Waals surface area contributed by atoms with Crippen LogP contribution in [0, 0.1) is 0 Å². The highest BCUT2D eigenvalue weighted by molar-refractivity contribution is 7.80. The number of nitrogens with one attached hydrogen (secondary N) is 2. The van der Waals surface area contributed by atoms with E-state index in [4.69, 9.17) is 12.2 Å². The van der Waals surface area contributed by atoms with Crippen LogP contribution >= 0.6 is 12.2 Å². The molecule has 10 heavy (non-hydrogen) atoms. The van der Waals surface area contributed by atoms with E-state index in [1.165, 1.54) is 12.8 Å². The van der Waals surface area contributed by atoms with Crippen molar-refractivity contribution in [2.24, 2.45) is 0 Å². The van der Waals surface area contributed by atoms with E-state index in [0.717, 1.165) is 18.1 Å². The van der Waals surface area contributed by atoms with Gasteiger partial charge in [-0.05, 0) is 26.3 Å². The molecule has 58 valence electrons. The fourth-order valence-electron chi connectivity index (χ4n) is 1.21. The van der Waals surface area contributed by atoms with Crippen molar-refractivity contribution < 1.29 is 0 Å². The first kappa shape index (κ1) is 7.95. The molecule has 0 unspecified atom stereocenters. The summed E-state index contributed by atoms with van der Waals surface area (Å²) in [5.74, 6) is 0. The van der Waals surface area contributed by atoms with Gasteiger partial charge in [-0.1, -0.05) is 12.2 Å². The topological polar surface area (TPSA) is 24.1 Å². The Hall–Kier alpha value is -0.150. The standard InChI is InChI=1S/C7H14N2S/c1-2-8-7(10)6-4-3-5-9-6/h6,9H,2-5H2,1H3,(H,8,10)/t6-/m1/s1. The number of hydrogen-bond acceptors (Lipinski definition) is 2. The molecule has 1 atom stereocenters. The second-order valence-corrected chi connectivity index (χ2v) is 2.98. The van der Waals surface area contributed by atoms with Crippen LogP contribution in [0.25, 0.3) is 0 Å². The first-order chi connectivity index (χ1) is 4.84. The molecule has 0 bridgehead atoms. The fraction of sp³-hybridized carbons (Fsp3) is 0.857. The molecule has 0 radical (unpaired) electrons. The molecule has 0 aromatic rings. The maximum atomic E-state index is 5.14. The lowest BCUT2D eigenvalue weighted by molar-refractivity contribution is 0.741. The second-order valence-electron chi connectivity index (χ2n) is 2.54. The summed E-state index contributed by atoms with van der Waals surface area (Å²) in [4.78, 5) is 0.986. The van der Waals surface area contributed by atoms with Crippen LogP contribution < -0.4 is 10.6 Å². The number of thiocarbonyl (C=S) groups is 1. The van der Waals surface area contributed by atoms with Gasteiger partial charge < -0.3 is 10.6 Å². The highest BCUT2D eigenvalue weighted by atomic mass is 32.1. The van der Waals surface area contributed by atoms with Gasteiger partial charge in [0.05, 0.1) is 11.0 Å². The van der Waals surface area contributed by atoms with Crippen LogP contribution in [0.5, 0.6) is 0 Å². The molecule has 1 aliphatic rings. The number of likely N-dealkylation sites (N-methyl/N-ethyl adjacent to an activating group) is 1. The van der Waals surface area contributed by atoms with E-state index in [1.54, 1.807) is 0 Å². The van der Waals surface area contributed by atoms with E-state index in [1.807, 2.05) is 0 Å². The minimum Gasteiger partial charge on any atom is -0.379 e. The average Bonchev–Trinajstić information content (AvgIpc) is 2.38. The normalized spacial score (nSPS) is 24.7. The molecule has 2 N–H and O–H groups in total. The lowest BCUT2D eigenvalue weighted by Crippen LogP contribution is -2.38. The largest absolute Gasteiger partial charge is 0.379 e. The molecular weight excluding hydrogens is 144 g/mol. The summed E-state index contributed by atoms with van der Waals surface area (Å²) < 4.78 is 0. The number of hydrogen-bond donors (Lipinski definition) is 2. The van der Waals surface area contributed by atoms with Crippen LogP contribution in [-0.4, -0.2) is 24.1 Å². The van der Waals surface area contributed by atoms with Gasteiger partial charge in [-0.2, -0.15) is 0 Å². The molecular formula is C7H14N2S. The smallest absolute Gasteiger partial charge is 0.0925 e. The van der Waals surface area contributed by atoms with Crippen molar-refractivity contribution in [2.45, 2.75) is 25.8 Å². The van der Waals surface area contributed by atoms with Crippen LogP contribution in [-0.2, 0) is 0 Å². The Kier molecular flexibility index (Phi) is 3.09. The third-order valence-corrected chi connectivity index (χ3v) is 2.16. The Morgan fingerprint density at radius 1 is 1.80 bits per heavy atom. The molecule has 2 nitrogen and oxygen atoms in total. The summed E-state index contributed by atoms with van der Waals surface area (Å²) in [7, 11) is 0. The molecule has 3 heteroatoms. The average molecular weight is 158 g/mol. The first-order valence-electron chi connectivity index (χ1n) is 3.85. The maximum Gasteiger partial charge on any atom is 0.0925 e.